The van der Waals surface area contributed by atoms with Gasteiger partial charge in [-0.3, -0.25) is 14.2 Å². The summed E-state index contributed by atoms with van der Waals surface area (Å²) in [5, 5.41) is 1.00. The van der Waals surface area contributed by atoms with E-state index < -0.39 is 20.7 Å². The van der Waals surface area contributed by atoms with Crippen LogP contribution in [0.4, 0.5) is 5.69 Å². The van der Waals surface area contributed by atoms with E-state index in [4.69, 9.17) is 39.2 Å². The molecule has 1 fully saturated rings. The summed E-state index contributed by atoms with van der Waals surface area (Å²) in [4.78, 5) is 14.0. The van der Waals surface area contributed by atoms with Crippen molar-refractivity contribution in [2.24, 2.45) is 0 Å². The monoisotopic (exact) mass is 515 g/mol. The van der Waals surface area contributed by atoms with Crippen molar-refractivity contribution in [2.75, 3.05) is 4.90 Å². The van der Waals surface area contributed by atoms with Crippen LogP contribution in [-0.4, -0.2) is 23.6 Å². The van der Waals surface area contributed by atoms with Crippen LogP contribution in [0.2, 0.25) is 15.1 Å². The van der Waals surface area contributed by atoms with E-state index in [1.807, 2.05) is 0 Å². The maximum atomic E-state index is 13.0. The molecule has 0 bridgehead atoms. The fraction of sp³-hybridized carbons (Fsp3) is 0.0500. The lowest BCUT2D eigenvalue weighted by Crippen LogP contribution is -2.37. The molecule has 3 aromatic rings. The van der Waals surface area contributed by atoms with E-state index in [0.717, 1.165) is 4.90 Å². The third-order valence-electron chi connectivity index (χ3n) is 4.33. The Morgan fingerprint density at radius 3 is 2.52 bits per heavy atom. The Morgan fingerprint density at radius 1 is 1.06 bits per heavy atom. The zero-order valence-electron chi connectivity index (χ0n) is 15.3. The molecule has 2 heterocycles. The summed E-state index contributed by atoms with van der Waals surface area (Å²) in [5.41, 5.74) is 0.808. The van der Waals surface area contributed by atoms with Gasteiger partial charge < -0.3 is 4.42 Å². The van der Waals surface area contributed by atoms with Gasteiger partial charge in [0.1, 0.15) is 11.5 Å². The smallest absolute Gasteiger partial charge is 0.297 e. The minimum absolute atomic E-state index is 0.0701. The van der Waals surface area contributed by atoms with Crippen LogP contribution in [0.3, 0.4) is 0 Å². The number of nitrogens with zero attached hydrogens (tertiary/aromatic N) is 1. The van der Waals surface area contributed by atoms with Crippen molar-refractivity contribution in [1.29, 1.82) is 0 Å². The molecule has 0 aliphatic carbocycles. The molecule has 1 aromatic heterocycles. The second-order valence-corrected chi connectivity index (χ2v) is 10.5. The average Bonchev–Trinajstić information content (AvgIpc) is 3.29. The largest absolute Gasteiger partial charge is 0.457 e. The molecule has 1 N–H and O–H groups in total. The molecule has 2 aromatic carbocycles. The van der Waals surface area contributed by atoms with Crippen LogP contribution in [0.1, 0.15) is 5.76 Å². The standard InChI is InChI=1S/C20H12Cl3NO5S2/c21-11-3-1-4-12(9-11)24-19(25)17(30-20(24)31(26,27)28)10-13-7-8-16(29-13)14-5-2-6-15(22)18(14)23/h1-10,20H,(H,26,27,28). The van der Waals surface area contributed by atoms with Crippen LogP contribution in [0.25, 0.3) is 17.4 Å². The van der Waals surface area contributed by atoms with Crippen molar-refractivity contribution in [2.45, 2.75) is 4.71 Å². The third-order valence-corrected chi connectivity index (χ3v) is 8.08. The summed E-state index contributed by atoms with van der Waals surface area (Å²) in [6, 6.07) is 14.5. The predicted octanol–water partition coefficient (Wildman–Crippen LogP) is 6.20. The Hall–Kier alpha value is -1.94. The molecular formula is C20H12Cl3NO5S2. The second-order valence-electron chi connectivity index (χ2n) is 6.41. The summed E-state index contributed by atoms with van der Waals surface area (Å²) in [6.07, 6.45) is 1.40. The number of thioether (sulfide) groups is 1. The molecule has 1 unspecified atom stereocenters. The maximum Gasteiger partial charge on any atom is 0.297 e. The van der Waals surface area contributed by atoms with E-state index in [1.165, 1.54) is 18.2 Å². The quantitative estimate of drug-likeness (QED) is 0.328. The van der Waals surface area contributed by atoms with E-state index in [-0.39, 0.29) is 10.6 Å². The van der Waals surface area contributed by atoms with Crippen molar-refractivity contribution in [3.05, 3.63) is 80.3 Å². The Labute approximate surface area is 197 Å². The summed E-state index contributed by atoms with van der Waals surface area (Å²) in [7, 11) is -4.60. The fourth-order valence-electron chi connectivity index (χ4n) is 2.98. The lowest BCUT2D eigenvalue weighted by molar-refractivity contribution is -0.114. The first-order valence-electron chi connectivity index (χ1n) is 8.63. The predicted molar refractivity (Wildman–Crippen MR) is 124 cm³/mol. The van der Waals surface area contributed by atoms with Gasteiger partial charge in [-0.05, 0) is 42.5 Å². The summed E-state index contributed by atoms with van der Waals surface area (Å²) in [5.74, 6) is 0.102. The molecule has 4 rings (SSSR count). The molecule has 11 heteroatoms. The number of hydrogen-bond donors (Lipinski definition) is 1. The second kappa shape index (κ2) is 8.54. The van der Waals surface area contributed by atoms with Gasteiger partial charge in [0.2, 0.25) is 4.71 Å². The Kier molecular flexibility index (Phi) is 6.13. The normalized spacial score (nSPS) is 18.2. The zero-order chi connectivity index (χ0) is 22.3. The first-order valence-corrected chi connectivity index (χ1v) is 12.1. The average molecular weight is 517 g/mol. The van der Waals surface area contributed by atoms with E-state index >= 15 is 0 Å². The highest BCUT2D eigenvalue weighted by molar-refractivity contribution is 8.15. The van der Waals surface area contributed by atoms with Crippen LogP contribution in [-0.2, 0) is 14.9 Å². The Morgan fingerprint density at radius 2 is 1.81 bits per heavy atom. The van der Waals surface area contributed by atoms with Crippen molar-refractivity contribution in [3.63, 3.8) is 0 Å². The highest BCUT2D eigenvalue weighted by Crippen LogP contribution is 2.42. The number of halogens is 3. The molecule has 1 atom stereocenters. The molecular weight excluding hydrogens is 505 g/mol. The Bertz CT molecular complexity index is 1320. The highest BCUT2D eigenvalue weighted by Gasteiger charge is 2.44. The van der Waals surface area contributed by atoms with Gasteiger partial charge in [-0.1, -0.05) is 58.7 Å². The van der Waals surface area contributed by atoms with Gasteiger partial charge in [0.15, 0.2) is 0 Å². The minimum atomic E-state index is -4.60. The van der Waals surface area contributed by atoms with Crippen LogP contribution in [0, 0.1) is 0 Å². The van der Waals surface area contributed by atoms with Crippen molar-refractivity contribution < 1.29 is 22.2 Å². The number of hydrogen-bond acceptors (Lipinski definition) is 5. The topological polar surface area (TPSA) is 87.8 Å². The number of furan rings is 1. The number of carbonyl (C=O) groups is 1. The zero-order valence-corrected chi connectivity index (χ0v) is 19.2. The lowest BCUT2D eigenvalue weighted by atomic mass is 10.2. The van der Waals surface area contributed by atoms with Gasteiger partial charge >= 0.3 is 0 Å². The van der Waals surface area contributed by atoms with E-state index in [0.29, 0.717) is 43.9 Å². The maximum absolute atomic E-state index is 13.0. The molecule has 6 nitrogen and oxygen atoms in total. The van der Waals surface area contributed by atoms with Crippen molar-refractivity contribution in [1.82, 2.24) is 0 Å². The summed E-state index contributed by atoms with van der Waals surface area (Å²) >= 11 is 18.9. The van der Waals surface area contributed by atoms with Gasteiger partial charge in [-0.15, -0.1) is 0 Å². The van der Waals surface area contributed by atoms with E-state index in [1.54, 1.807) is 42.5 Å². The van der Waals surface area contributed by atoms with E-state index in [2.05, 4.69) is 0 Å². The van der Waals surface area contributed by atoms with Gasteiger partial charge in [0, 0.05) is 22.3 Å². The van der Waals surface area contributed by atoms with Gasteiger partial charge in [0.25, 0.3) is 16.0 Å². The molecule has 0 saturated carbocycles. The highest BCUT2D eigenvalue weighted by atomic mass is 35.5. The molecule has 31 heavy (non-hydrogen) atoms. The third kappa shape index (κ3) is 4.50. The summed E-state index contributed by atoms with van der Waals surface area (Å²) < 4.78 is 37.8. The molecule has 160 valence electrons. The van der Waals surface area contributed by atoms with E-state index in [9.17, 15) is 17.8 Å². The number of rotatable bonds is 4. The number of anilines is 1. The first-order chi connectivity index (χ1) is 14.6. The van der Waals surface area contributed by atoms with Crippen LogP contribution in [0.5, 0.6) is 0 Å². The molecule has 1 aliphatic heterocycles. The first kappa shape index (κ1) is 22.3. The fourth-order valence-corrected chi connectivity index (χ4v) is 5.76. The Balaban J connectivity index is 1.71. The van der Waals surface area contributed by atoms with Crippen LogP contribution < -0.4 is 4.90 Å². The van der Waals surface area contributed by atoms with Gasteiger partial charge in [-0.25, -0.2) is 0 Å². The molecule has 1 saturated heterocycles. The summed E-state index contributed by atoms with van der Waals surface area (Å²) in [6.45, 7) is 0. The SMILES string of the molecule is O=C1C(=Cc2ccc(-c3cccc(Cl)c3Cl)o2)SC(S(=O)(=O)O)N1c1cccc(Cl)c1. The van der Waals surface area contributed by atoms with Gasteiger partial charge in [-0.2, -0.15) is 8.42 Å². The number of carbonyl (C=O) groups excluding carboxylic acids is 1. The number of amides is 1. The lowest BCUT2D eigenvalue weighted by Gasteiger charge is -2.21. The molecule has 1 amide bonds. The van der Waals surface area contributed by atoms with Gasteiger partial charge in [0.05, 0.1) is 15.0 Å². The van der Waals surface area contributed by atoms with Crippen molar-refractivity contribution in [3.8, 4) is 11.3 Å². The minimum Gasteiger partial charge on any atom is -0.457 e. The molecule has 1 aliphatic rings. The van der Waals surface area contributed by atoms with Crippen molar-refractivity contribution >= 4 is 74.4 Å². The van der Waals surface area contributed by atoms with Crippen LogP contribution >= 0.6 is 46.6 Å². The number of benzene rings is 2. The molecule has 0 spiro atoms. The van der Waals surface area contributed by atoms with Crippen LogP contribution in [0.15, 0.2) is 63.9 Å². The molecule has 0 radical (unpaired) electrons.